The van der Waals surface area contributed by atoms with Crippen LogP contribution in [-0.4, -0.2) is 50.3 Å². The first-order chi connectivity index (χ1) is 16.5. The highest BCUT2D eigenvalue weighted by molar-refractivity contribution is 7.99. The van der Waals surface area contributed by atoms with Crippen molar-refractivity contribution in [2.75, 3.05) is 18.1 Å². The monoisotopic (exact) mass is 477 g/mol. The summed E-state index contributed by atoms with van der Waals surface area (Å²) in [6.07, 6.45) is 5.79. The predicted molar refractivity (Wildman–Crippen MR) is 135 cm³/mol. The lowest BCUT2D eigenvalue weighted by atomic mass is 9.94. The molecule has 0 atom stereocenters. The molecule has 1 saturated carbocycles. The van der Waals surface area contributed by atoms with E-state index in [1.807, 2.05) is 41.6 Å². The second kappa shape index (κ2) is 11.3. The average Bonchev–Trinajstić information content (AvgIpc) is 3.22. The Morgan fingerprint density at radius 1 is 1.03 bits per heavy atom. The Hall–Kier alpha value is -3.13. The van der Waals surface area contributed by atoms with Gasteiger partial charge in [0.25, 0.3) is 5.91 Å². The Labute approximate surface area is 205 Å². The van der Waals surface area contributed by atoms with Gasteiger partial charge in [0.1, 0.15) is 5.82 Å². The van der Waals surface area contributed by atoms with E-state index < -0.39 is 0 Å². The third kappa shape index (κ3) is 6.05. The number of aryl methyl sites for hydroxylation is 1. The number of anilines is 1. The van der Waals surface area contributed by atoms with E-state index in [-0.39, 0.29) is 17.6 Å². The molecule has 4 rings (SSSR count). The molecule has 178 valence electrons. The summed E-state index contributed by atoms with van der Waals surface area (Å²) >= 11 is 1.36. The standard InChI is InChI=1S/C26H31N5O2S/c1-19-28-29-26(31(19)17-20-9-5-3-6-10-20)34-18-24(32)27-22-15-13-21(14-16-22)25(33)30(2)23-11-7-4-8-12-23/h3,5-6,9-10,13-16,23H,4,7-8,11-12,17-18H2,1-2H3,(H,27,32). The maximum Gasteiger partial charge on any atom is 0.253 e. The lowest BCUT2D eigenvalue weighted by molar-refractivity contribution is -0.113. The Bertz CT molecular complexity index is 1110. The number of nitrogens with zero attached hydrogens (tertiary/aromatic N) is 4. The van der Waals surface area contributed by atoms with E-state index in [1.54, 1.807) is 24.3 Å². The summed E-state index contributed by atoms with van der Waals surface area (Å²) < 4.78 is 2.01. The SMILES string of the molecule is Cc1nnc(SCC(=O)Nc2ccc(C(=O)N(C)C3CCCCC3)cc2)n1Cc1ccccc1. The van der Waals surface area contributed by atoms with Crippen molar-refractivity contribution in [3.8, 4) is 0 Å². The van der Waals surface area contributed by atoms with Crippen LogP contribution in [0.25, 0.3) is 0 Å². The summed E-state index contributed by atoms with van der Waals surface area (Å²) in [4.78, 5) is 27.2. The van der Waals surface area contributed by atoms with Crippen LogP contribution in [-0.2, 0) is 11.3 Å². The topological polar surface area (TPSA) is 80.1 Å². The van der Waals surface area contributed by atoms with Crippen molar-refractivity contribution < 1.29 is 9.59 Å². The van der Waals surface area contributed by atoms with Crippen LogP contribution in [0.2, 0.25) is 0 Å². The first-order valence-corrected chi connectivity index (χ1v) is 12.7. The fourth-order valence-electron chi connectivity index (χ4n) is 4.28. The second-order valence-corrected chi connectivity index (χ2v) is 9.67. The molecule has 0 unspecified atom stereocenters. The number of benzene rings is 2. The molecule has 1 aliphatic rings. The van der Waals surface area contributed by atoms with E-state index in [0.717, 1.165) is 24.2 Å². The van der Waals surface area contributed by atoms with E-state index in [0.29, 0.717) is 29.0 Å². The van der Waals surface area contributed by atoms with Crippen molar-refractivity contribution in [3.63, 3.8) is 0 Å². The quantitative estimate of drug-likeness (QED) is 0.473. The van der Waals surface area contributed by atoms with E-state index >= 15 is 0 Å². The van der Waals surface area contributed by atoms with Gasteiger partial charge in [-0.3, -0.25) is 9.59 Å². The second-order valence-electron chi connectivity index (χ2n) is 8.72. The molecule has 1 aromatic heterocycles. The summed E-state index contributed by atoms with van der Waals surface area (Å²) in [5.41, 5.74) is 2.47. The average molecular weight is 478 g/mol. The van der Waals surface area contributed by atoms with Gasteiger partial charge in [-0.2, -0.15) is 0 Å². The Morgan fingerprint density at radius 3 is 2.44 bits per heavy atom. The summed E-state index contributed by atoms with van der Waals surface area (Å²) in [6.45, 7) is 2.57. The Kier molecular flexibility index (Phi) is 8.00. The van der Waals surface area contributed by atoms with Crippen LogP contribution < -0.4 is 5.32 Å². The lowest BCUT2D eigenvalue weighted by Crippen LogP contribution is -2.38. The molecular weight excluding hydrogens is 446 g/mol. The highest BCUT2D eigenvalue weighted by atomic mass is 32.2. The van der Waals surface area contributed by atoms with Gasteiger partial charge in [0.2, 0.25) is 5.91 Å². The predicted octanol–water partition coefficient (Wildman–Crippen LogP) is 4.77. The molecule has 34 heavy (non-hydrogen) atoms. The van der Waals surface area contributed by atoms with Crippen LogP contribution in [0.5, 0.6) is 0 Å². The van der Waals surface area contributed by atoms with Gasteiger partial charge in [-0.25, -0.2) is 0 Å². The van der Waals surface area contributed by atoms with Gasteiger partial charge in [-0.15, -0.1) is 10.2 Å². The van der Waals surface area contributed by atoms with Crippen LogP contribution >= 0.6 is 11.8 Å². The van der Waals surface area contributed by atoms with Gasteiger partial charge in [-0.05, 0) is 49.6 Å². The minimum Gasteiger partial charge on any atom is -0.339 e. The maximum absolute atomic E-state index is 12.8. The fourth-order valence-corrected chi connectivity index (χ4v) is 5.06. The molecule has 1 fully saturated rings. The smallest absolute Gasteiger partial charge is 0.253 e. The molecule has 7 nitrogen and oxygen atoms in total. The number of aromatic nitrogens is 3. The summed E-state index contributed by atoms with van der Waals surface area (Å²) in [6, 6.07) is 17.6. The summed E-state index contributed by atoms with van der Waals surface area (Å²) in [7, 11) is 1.89. The molecule has 1 heterocycles. The minimum atomic E-state index is -0.129. The zero-order valence-electron chi connectivity index (χ0n) is 19.7. The van der Waals surface area contributed by atoms with Gasteiger partial charge >= 0.3 is 0 Å². The lowest BCUT2D eigenvalue weighted by Gasteiger charge is -2.31. The molecule has 0 aliphatic heterocycles. The van der Waals surface area contributed by atoms with Gasteiger partial charge in [0.15, 0.2) is 5.16 Å². The van der Waals surface area contributed by atoms with Gasteiger partial charge in [-0.1, -0.05) is 61.4 Å². The molecule has 1 N–H and O–H groups in total. The number of hydrogen-bond acceptors (Lipinski definition) is 5. The zero-order chi connectivity index (χ0) is 23.9. The molecule has 3 aromatic rings. The van der Waals surface area contributed by atoms with Crippen molar-refractivity contribution >= 4 is 29.3 Å². The highest BCUT2D eigenvalue weighted by Gasteiger charge is 2.23. The van der Waals surface area contributed by atoms with Crippen LogP contribution in [0.1, 0.15) is 53.8 Å². The van der Waals surface area contributed by atoms with E-state index in [2.05, 4.69) is 27.6 Å². The summed E-state index contributed by atoms with van der Waals surface area (Å²) in [5.74, 6) is 0.937. The number of carbonyl (C=O) groups is 2. The zero-order valence-corrected chi connectivity index (χ0v) is 20.6. The number of hydrogen-bond donors (Lipinski definition) is 1. The molecule has 0 bridgehead atoms. The first-order valence-electron chi connectivity index (χ1n) is 11.7. The molecule has 8 heteroatoms. The van der Waals surface area contributed by atoms with Crippen molar-refractivity contribution in [1.29, 1.82) is 0 Å². The van der Waals surface area contributed by atoms with Crippen molar-refractivity contribution in [2.24, 2.45) is 0 Å². The maximum atomic E-state index is 12.8. The molecule has 0 radical (unpaired) electrons. The molecule has 0 spiro atoms. The van der Waals surface area contributed by atoms with Crippen LogP contribution in [0, 0.1) is 6.92 Å². The molecule has 2 aromatic carbocycles. The van der Waals surface area contributed by atoms with Crippen LogP contribution in [0.15, 0.2) is 59.8 Å². The molecule has 2 amide bonds. The summed E-state index contributed by atoms with van der Waals surface area (Å²) in [5, 5.41) is 12.0. The number of rotatable bonds is 8. The molecule has 1 aliphatic carbocycles. The largest absolute Gasteiger partial charge is 0.339 e. The number of carbonyl (C=O) groups excluding carboxylic acids is 2. The Balaban J connectivity index is 1.30. The highest BCUT2D eigenvalue weighted by Crippen LogP contribution is 2.23. The van der Waals surface area contributed by atoms with Crippen molar-refractivity contribution in [3.05, 3.63) is 71.5 Å². The van der Waals surface area contributed by atoms with Crippen molar-refractivity contribution in [2.45, 2.75) is 56.8 Å². The van der Waals surface area contributed by atoms with Crippen LogP contribution in [0.4, 0.5) is 5.69 Å². The first kappa shape index (κ1) is 24.0. The molecule has 0 saturated heterocycles. The third-order valence-corrected chi connectivity index (χ3v) is 7.24. The number of nitrogens with one attached hydrogen (secondary N) is 1. The van der Waals surface area contributed by atoms with E-state index in [9.17, 15) is 9.59 Å². The Morgan fingerprint density at radius 2 is 1.74 bits per heavy atom. The van der Waals surface area contributed by atoms with Gasteiger partial charge < -0.3 is 14.8 Å². The number of amides is 2. The van der Waals surface area contributed by atoms with Crippen LogP contribution in [0.3, 0.4) is 0 Å². The fraction of sp³-hybridized carbons (Fsp3) is 0.385. The normalized spacial score (nSPS) is 14.1. The minimum absolute atomic E-state index is 0.0356. The van der Waals surface area contributed by atoms with E-state index in [1.165, 1.54) is 31.0 Å². The molecular formula is C26H31N5O2S. The number of thioether (sulfide) groups is 1. The van der Waals surface area contributed by atoms with E-state index in [4.69, 9.17) is 0 Å². The van der Waals surface area contributed by atoms with Crippen molar-refractivity contribution in [1.82, 2.24) is 19.7 Å². The third-order valence-electron chi connectivity index (χ3n) is 6.28. The van der Waals surface area contributed by atoms with Gasteiger partial charge in [0, 0.05) is 24.3 Å². The van der Waals surface area contributed by atoms with Gasteiger partial charge in [0.05, 0.1) is 12.3 Å².